The third kappa shape index (κ3) is 3.65. The molecule has 136 valence electrons. The molecule has 0 atom stereocenters. The van der Waals surface area contributed by atoms with E-state index in [0.29, 0.717) is 36.3 Å². The Hall–Kier alpha value is -1.65. The molecular formula is C15H21N5O3S2. The van der Waals surface area contributed by atoms with Crippen molar-refractivity contribution in [1.29, 1.82) is 0 Å². The van der Waals surface area contributed by atoms with Gasteiger partial charge in [0.2, 0.25) is 10.0 Å². The van der Waals surface area contributed by atoms with Gasteiger partial charge in [0.25, 0.3) is 5.91 Å². The van der Waals surface area contributed by atoms with Gasteiger partial charge in [0.15, 0.2) is 5.17 Å². The summed E-state index contributed by atoms with van der Waals surface area (Å²) < 4.78 is 27.1. The number of carbonyl (C=O) groups excluding carboxylic acids is 1. The number of nitrogens with zero attached hydrogens (tertiary/aromatic N) is 5. The van der Waals surface area contributed by atoms with Crippen LogP contribution in [-0.2, 0) is 21.9 Å². The van der Waals surface area contributed by atoms with Crippen LogP contribution in [0.15, 0.2) is 16.1 Å². The Bertz CT molecular complexity index is 849. The van der Waals surface area contributed by atoms with Gasteiger partial charge < -0.3 is 4.90 Å². The van der Waals surface area contributed by atoms with Gasteiger partial charge in [-0.3, -0.25) is 9.48 Å². The van der Waals surface area contributed by atoms with Crippen LogP contribution in [0.4, 0.5) is 0 Å². The average Bonchev–Trinajstić information content (AvgIpc) is 3.12. The molecule has 1 aromatic rings. The molecule has 0 bridgehead atoms. The van der Waals surface area contributed by atoms with Crippen molar-refractivity contribution in [3.05, 3.63) is 22.4 Å². The summed E-state index contributed by atoms with van der Waals surface area (Å²) in [7, 11) is -1.31. The van der Waals surface area contributed by atoms with Gasteiger partial charge in [-0.1, -0.05) is 0 Å². The summed E-state index contributed by atoms with van der Waals surface area (Å²) in [6, 6.07) is 0. The van der Waals surface area contributed by atoms with E-state index in [1.165, 1.54) is 16.1 Å². The number of aryl methyl sites for hydroxylation is 1. The molecular weight excluding hydrogens is 362 g/mol. The molecule has 1 saturated heterocycles. The highest BCUT2D eigenvalue weighted by atomic mass is 32.2. The zero-order valence-corrected chi connectivity index (χ0v) is 16.1. The molecule has 0 radical (unpaired) electrons. The SMILES string of the molecule is CCS(=O)(=O)N1CCN(C2=NC(=O)C(=Cc3cnn(C)c3C)S2)CC1. The number of thioether (sulfide) groups is 1. The summed E-state index contributed by atoms with van der Waals surface area (Å²) >= 11 is 1.34. The second-order valence-electron chi connectivity index (χ2n) is 5.91. The average molecular weight is 383 g/mol. The number of aromatic nitrogens is 2. The van der Waals surface area contributed by atoms with Crippen LogP contribution in [0.2, 0.25) is 0 Å². The molecule has 1 aromatic heterocycles. The number of rotatable bonds is 3. The molecule has 10 heteroatoms. The highest BCUT2D eigenvalue weighted by Gasteiger charge is 2.31. The number of amidine groups is 1. The number of hydrogen-bond acceptors (Lipinski definition) is 6. The molecule has 0 N–H and O–H groups in total. The number of sulfonamides is 1. The number of amides is 1. The van der Waals surface area contributed by atoms with Crippen LogP contribution in [0, 0.1) is 6.92 Å². The minimum atomic E-state index is -3.16. The molecule has 1 amide bonds. The maximum atomic E-state index is 12.2. The first kappa shape index (κ1) is 18.2. The van der Waals surface area contributed by atoms with Crippen molar-refractivity contribution in [2.45, 2.75) is 13.8 Å². The fourth-order valence-corrected chi connectivity index (χ4v) is 4.71. The highest BCUT2D eigenvalue weighted by Crippen LogP contribution is 2.31. The molecule has 0 saturated carbocycles. The van der Waals surface area contributed by atoms with Crippen LogP contribution >= 0.6 is 11.8 Å². The van der Waals surface area contributed by atoms with Crippen molar-refractivity contribution in [2.75, 3.05) is 31.9 Å². The molecule has 0 unspecified atom stereocenters. The first-order valence-corrected chi connectivity index (χ1v) is 10.5. The Kier molecular flexibility index (Phi) is 5.03. The molecule has 0 spiro atoms. The summed E-state index contributed by atoms with van der Waals surface area (Å²) in [6.07, 6.45) is 3.53. The topological polar surface area (TPSA) is 87.9 Å². The first-order chi connectivity index (χ1) is 11.8. The minimum Gasteiger partial charge on any atom is -0.348 e. The van der Waals surface area contributed by atoms with E-state index in [4.69, 9.17) is 0 Å². The van der Waals surface area contributed by atoms with Crippen molar-refractivity contribution < 1.29 is 13.2 Å². The van der Waals surface area contributed by atoms with E-state index < -0.39 is 10.0 Å². The van der Waals surface area contributed by atoms with E-state index in [1.54, 1.807) is 17.8 Å². The lowest BCUT2D eigenvalue weighted by Crippen LogP contribution is -2.50. The predicted molar refractivity (Wildman–Crippen MR) is 98.6 cm³/mol. The summed E-state index contributed by atoms with van der Waals surface area (Å²) in [5.74, 6) is -0.148. The Morgan fingerprint density at radius 2 is 1.96 bits per heavy atom. The summed E-state index contributed by atoms with van der Waals surface area (Å²) in [5.41, 5.74) is 1.88. The fourth-order valence-electron chi connectivity index (χ4n) is 2.67. The van der Waals surface area contributed by atoms with Gasteiger partial charge in [0, 0.05) is 44.5 Å². The second-order valence-corrected chi connectivity index (χ2v) is 9.17. The molecule has 1 fully saturated rings. The molecule has 8 nitrogen and oxygen atoms in total. The van der Waals surface area contributed by atoms with Crippen molar-refractivity contribution >= 4 is 38.9 Å². The van der Waals surface area contributed by atoms with Crippen LogP contribution < -0.4 is 0 Å². The van der Waals surface area contributed by atoms with Gasteiger partial charge in [-0.2, -0.15) is 14.4 Å². The largest absolute Gasteiger partial charge is 0.348 e. The predicted octanol–water partition coefficient (Wildman–Crippen LogP) is 0.666. The Morgan fingerprint density at radius 3 is 2.52 bits per heavy atom. The summed E-state index contributed by atoms with van der Waals surface area (Å²) in [4.78, 5) is 18.9. The van der Waals surface area contributed by atoms with E-state index in [0.717, 1.165) is 11.3 Å². The van der Waals surface area contributed by atoms with Gasteiger partial charge in [-0.05, 0) is 31.7 Å². The fraction of sp³-hybridized carbons (Fsp3) is 0.533. The lowest BCUT2D eigenvalue weighted by atomic mass is 10.2. The van der Waals surface area contributed by atoms with Gasteiger partial charge in [0.1, 0.15) is 0 Å². The summed E-state index contributed by atoms with van der Waals surface area (Å²) in [5, 5.41) is 4.82. The Balaban J connectivity index is 1.67. The lowest BCUT2D eigenvalue weighted by Gasteiger charge is -2.34. The smallest absolute Gasteiger partial charge is 0.286 e. The van der Waals surface area contributed by atoms with E-state index >= 15 is 0 Å². The Labute approximate surface area is 151 Å². The minimum absolute atomic E-state index is 0.110. The van der Waals surface area contributed by atoms with E-state index in [-0.39, 0.29) is 11.7 Å². The highest BCUT2D eigenvalue weighted by molar-refractivity contribution is 8.18. The zero-order chi connectivity index (χ0) is 18.2. The molecule has 2 aliphatic heterocycles. The van der Waals surface area contributed by atoms with E-state index in [1.807, 2.05) is 24.9 Å². The standard InChI is InChI=1S/C15H21N5O3S2/c1-4-25(22,23)20-7-5-19(6-8-20)15-17-14(21)13(24-15)9-12-10-16-18(3)11(12)2/h9-10H,4-8H2,1-3H3. The van der Waals surface area contributed by atoms with Gasteiger partial charge in [0.05, 0.1) is 16.9 Å². The zero-order valence-electron chi connectivity index (χ0n) is 14.5. The molecule has 2 aliphatic rings. The van der Waals surface area contributed by atoms with Crippen molar-refractivity contribution in [3.63, 3.8) is 0 Å². The normalized spacial score (nSPS) is 21.2. The van der Waals surface area contributed by atoms with Crippen molar-refractivity contribution in [1.82, 2.24) is 19.0 Å². The van der Waals surface area contributed by atoms with Crippen LogP contribution in [0.1, 0.15) is 18.2 Å². The van der Waals surface area contributed by atoms with E-state index in [2.05, 4.69) is 10.1 Å². The van der Waals surface area contributed by atoms with Crippen LogP contribution in [0.3, 0.4) is 0 Å². The van der Waals surface area contributed by atoms with Gasteiger partial charge in [-0.25, -0.2) is 8.42 Å². The first-order valence-electron chi connectivity index (χ1n) is 8.05. The number of hydrogen-bond donors (Lipinski definition) is 0. The maximum absolute atomic E-state index is 12.2. The van der Waals surface area contributed by atoms with Crippen molar-refractivity contribution in [2.24, 2.45) is 12.0 Å². The molecule has 0 aromatic carbocycles. The Morgan fingerprint density at radius 1 is 1.28 bits per heavy atom. The molecule has 3 rings (SSSR count). The monoisotopic (exact) mass is 383 g/mol. The van der Waals surface area contributed by atoms with E-state index in [9.17, 15) is 13.2 Å². The lowest BCUT2D eigenvalue weighted by molar-refractivity contribution is -0.113. The third-order valence-electron chi connectivity index (χ3n) is 4.44. The molecule has 25 heavy (non-hydrogen) atoms. The number of piperazine rings is 1. The van der Waals surface area contributed by atoms with Crippen LogP contribution in [-0.4, -0.2) is 70.4 Å². The number of carbonyl (C=O) groups is 1. The molecule has 0 aliphatic carbocycles. The summed E-state index contributed by atoms with van der Waals surface area (Å²) in [6.45, 7) is 5.51. The quantitative estimate of drug-likeness (QED) is 0.713. The second kappa shape index (κ2) is 6.93. The third-order valence-corrected chi connectivity index (χ3v) is 7.36. The van der Waals surface area contributed by atoms with Crippen molar-refractivity contribution in [3.8, 4) is 0 Å². The molecule has 3 heterocycles. The van der Waals surface area contributed by atoms with Gasteiger partial charge >= 0.3 is 0 Å². The van der Waals surface area contributed by atoms with Gasteiger partial charge in [-0.15, -0.1) is 0 Å². The number of aliphatic imine (C=N–C) groups is 1. The van der Waals surface area contributed by atoms with Crippen LogP contribution in [0.25, 0.3) is 6.08 Å². The maximum Gasteiger partial charge on any atom is 0.286 e. The van der Waals surface area contributed by atoms with Crippen LogP contribution in [0.5, 0.6) is 0 Å².